The highest BCUT2D eigenvalue weighted by Crippen LogP contribution is 2.26. The Balaban J connectivity index is 1.88. The average Bonchev–Trinajstić information content (AvgIpc) is 2.36. The van der Waals surface area contributed by atoms with Crippen LogP contribution >= 0.6 is 0 Å². The van der Waals surface area contributed by atoms with Gasteiger partial charge in [-0.2, -0.15) is 0 Å². The second-order valence-corrected chi connectivity index (χ2v) is 5.36. The number of rotatable bonds is 2. The van der Waals surface area contributed by atoms with E-state index in [1.165, 1.54) is 0 Å². The van der Waals surface area contributed by atoms with Crippen LogP contribution in [0.4, 0.5) is 13.2 Å². The number of fused-ring (bicyclic) bond motifs is 3. The molecule has 0 saturated carbocycles. The van der Waals surface area contributed by atoms with Crippen molar-refractivity contribution in [3.05, 3.63) is 35.1 Å². The highest BCUT2D eigenvalue weighted by molar-refractivity contribution is 5.20. The summed E-state index contributed by atoms with van der Waals surface area (Å²) in [7, 11) is 0. The summed E-state index contributed by atoms with van der Waals surface area (Å²) in [6.45, 7) is 6.09. The Morgan fingerprint density at radius 1 is 0.944 bits per heavy atom. The van der Waals surface area contributed by atoms with Gasteiger partial charge in [0, 0.05) is 31.8 Å². The topological polar surface area (TPSA) is 3.24 Å². The Bertz CT molecular complexity index is 431. The molecule has 3 saturated heterocycles. The Kier molecular flexibility index (Phi) is 2.83. The molecule has 1 aromatic carbocycles. The number of nitrogens with zero attached hydrogens (tertiary/aromatic N) is 2. The van der Waals surface area contributed by atoms with Crippen molar-refractivity contribution in [1.82, 2.24) is 4.90 Å². The van der Waals surface area contributed by atoms with Gasteiger partial charge in [-0.1, -0.05) is 0 Å². The van der Waals surface area contributed by atoms with Crippen LogP contribution in [0, 0.1) is 17.5 Å². The number of halogens is 3. The third kappa shape index (κ3) is 2.01. The summed E-state index contributed by atoms with van der Waals surface area (Å²) >= 11 is 0. The van der Waals surface area contributed by atoms with E-state index < -0.39 is 17.5 Å². The van der Waals surface area contributed by atoms with E-state index in [1.54, 1.807) is 0 Å². The Morgan fingerprint density at radius 2 is 1.44 bits per heavy atom. The maximum absolute atomic E-state index is 13.7. The van der Waals surface area contributed by atoms with E-state index in [0.29, 0.717) is 6.54 Å². The molecule has 0 amide bonds. The van der Waals surface area contributed by atoms with E-state index in [2.05, 4.69) is 4.90 Å². The molecule has 0 aromatic heterocycles. The van der Waals surface area contributed by atoms with Gasteiger partial charge in [-0.25, -0.2) is 13.2 Å². The van der Waals surface area contributed by atoms with Crippen molar-refractivity contribution in [1.29, 1.82) is 0 Å². The highest BCUT2D eigenvalue weighted by Gasteiger charge is 2.39. The Hall–Kier alpha value is -1.07. The molecule has 3 fully saturated rings. The molecule has 0 radical (unpaired) electrons. The smallest absolute Gasteiger partial charge is 0.137 e. The molecule has 4 rings (SSSR count). The maximum atomic E-state index is 13.7. The molecule has 0 unspecified atom stereocenters. The molecule has 0 N–H and O–H groups in total. The van der Waals surface area contributed by atoms with Gasteiger partial charge in [-0.15, -0.1) is 0 Å². The molecule has 2 nitrogen and oxygen atoms in total. The van der Waals surface area contributed by atoms with Crippen LogP contribution in [0.5, 0.6) is 0 Å². The average molecular weight is 257 g/mol. The third-order valence-electron chi connectivity index (χ3n) is 4.27. The Morgan fingerprint density at radius 3 is 1.94 bits per heavy atom. The van der Waals surface area contributed by atoms with Gasteiger partial charge in [0.1, 0.15) is 24.0 Å². The lowest BCUT2D eigenvalue weighted by Gasteiger charge is -2.50. The van der Waals surface area contributed by atoms with Gasteiger partial charge in [0.25, 0.3) is 0 Å². The zero-order valence-corrected chi connectivity index (χ0v) is 10.1. The molecule has 0 spiro atoms. The van der Waals surface area contributed by atoms with E-state index in [-0.39, 0.29) is 5.56 Å². The first-order chi connectivity index (χ1) is 8.58. The molecule has 3 aliphatic rings. The van der Waals surface area contributed by atoms with Crippen LogP contribution < -0.4 is 0 Å². The van der Waals surface area contributed by atoms with E-state index in [4.69, 9.17) is 0 Å². The molecule has 0 aliphatic carbocycles. The van der Waals surface area contributed by atoms with Crippen LogP contribution in [0.15, 0.2) is 12.1 Å². The summed E-state index contributed by atoms with van der Waals surface area (Å²) in [5.74, 6) is -2.36. The van der Waals surface area contributed by atoms with Gasteiger partial charge in [0.15, 0.2) is 0 Å². The lowest BCUT2D eigenvalue weighted by atomic mass is 10.1. The first-order valence-corrected chi connectivity index (χ1v) is 6.29. The van der Waals surface area contributed by atoms with Crippen LogP contribution in [0.3, 0.4) is 0 Å². The zero-order chi connectivity index (χ0) is 12.8. The van der Waals surface area contributed by atoms with Crippen LogP contribution in [0.2, 0.25) is 0 Å². The van der Waals surface area contributed by atoms with Crippen LogP contribution in [0.25, 0.3) is 0 Å². The van der Waals surface area contributed by atoms with E-state index in [0.717, 1.165) is 55.9 Å². The highest BCUT2D eigenvalue weighted by atomic mass is 19.1. The van der Waals surface area contributed by atoms with Gasteiger partial charge >= 0.3 is 0 Å². The van der Waals surface area contributed by atoms with Gasteiger partial charge in [-0.05, 0) is 0 Å². The summed E-state index contributed by atoms with van der Waals surface area (Å²) in [6, 6.07) is 1.55. The minimum absolute atomic E-state index is 0.0340. The lowest BCUT2D eigenvalue weighted by molar-refractivity contribution is -0.953. The number of quaternary nitrogens is 1. The number of hydrogen-bond acceptors (Lipinski definition) is 1. The van der Waals surface area contributed by atoms with Crippen LogP contribution in [-0.2, 0) is 6.54 Å². The first-order valence-electron chi connectivity index (χ1n) is 6.29. The second-order valence-electron chi connectivity index (χ2n) is 5.36. The van der Waals surface area contributed by atoms with Gasteiger partial charge in [0.2, 0.25) is 0 Å². The SMILES string of the molecule is Fc1cc(F)c(C[N+]23CCN(CC2)CC3)c(F)c1. The lowest BCUT2D eigenvalue weighted by Crippen LogP contribution is -2.66. The van der Waals surface area contributed by atoms with Crippen molar-refractivity contribution in [2.24, 2.45) is 0 Å². The quantitative estimate of drug-likeness (QED) is 0.730. The molecule has 2 bridgehead atoms. The van der Waals surface area contributed by atoms with Crippen molar-refractivity contribution in [2.45, 2.75) is 6.54 Å². The van der Waals surface area contributed by atoms with Crippen molar-refractivity contribution < 1.29 is 17.7 Å². The fourth-order valence-corrected chi connectivity index (χ4v) is 3.03. The minimum atomic E-state index is -0.850. The third-order valence-corrected chi connectivity index (χ3v) is 4.27. The minimum Gasteiger partial charge on any atom is -0.316 e. The monoisotopic (exact) mass is 257 g/mol. The number of piperazine rings is 3. The van der Waals surface area contributed by atoms with E-state index in [1.807, 2.05) is 0 Å². The van der Waals surface area contributed by atoms with Gasteiger partial charge < -0.3 is 4.48 Å². The second kappa shape index (κ2) is 4.24. The molecular weight excluding hydrogens is 241 g/mol. The number of hydrogen-bond donors (Lipinski definition) is 0. The van der Waals surface area contributed by atoms with E-state index >= 15 is 0 Å². The van der Waals surface area contributed by atoms with Crippen molar-refractivity contribution in [2.75, 3.05) is 39.3 Å². The zero-order valence-electron chi connectivity index (χ0n) is 10.1. The molecule has 3 aliphatic heterocycles. The molecule has 1 aromatic rings. The molecule has 18 heavy (non-hydrogen) atoms. The standard InChI is InChI=1S/C13H16F3N2/c14-10-7-12(15)11(13(16)8-10)9-18-4-1-17(2-5-18)3-6-18/h7-8H,1-6,9H2/q+1. The van der Waals surface area contributed by atoms with Crippen molar-refractivity contribution in [3.63, 3.8) is 0 Å². The van der Waals surface area contributed by atoms with Crippen LogP contribution in [0.1, 0.15) is 5.56 Å². The molecular formula is C13H16F3N2+. The van der Waals surface area contributed by atoms with E-state index in [9.17, 15) is 13.2 Å². The normalized spacial score (nSPS) is 30.7. The molecule has 5 heteroatoms. The summed E-state index contributed by atoms with van der Waals surface area (Å²) in [5, 5.41) is 0. The maximum Gasteiger partial charge on any atom is 0.137 e. The van der Waals surface area contributed by atoms with Gasteiger partial charge in [0.05, 0.1) is 25.2 Å². The summed E-state index contributed by atoms with van der Waals surface area (Å²) < 4.78 is 41.0. The summed E-state index contributed by atoms with van der Waals surface area (Å²) in [6.07, 6.45) is 0. The molecule has 98 valence electrons. The predicted octanol–water partition coefficient (Wildman–Crippen LogP) is 1.75. The van der Waals surface area contributed by atoms with Gasteiger partial charge in [-0.3, -0.25) is 4.90 Å². The van der Waals surface area contributed by atoms with Crippen molar-refractivity contribution in [3.8, 4) is 0 Å². The largest absolute Gasteiger partial charge is 0.316 e. The Labute approximate surface area is 104 Å². The predicted molar refractivity (Wildman–Crippen MR) is 61.3 cm³/mol. The molecule has 0 atom stereocenters. The number of benzene rings is 1. The van der Waals surface area contributed by atoms with Crippen LogP contribution in [-0.4, -0.2) is 48.7 Å². The fourth-order valence-electron chi connectivity index (χ4n) is 3.03. The molecule has 3 heterocycles. The summed E-state index contributed by atoms with van der Waals surface area (Å²) in [4.78, 5) is 2.37. The summed E-state index contributed by atoms with van der Waals surface area (Å²) in [5.41, 5.74) is 0.0340. The fraction of sp³-hybridized carbons (Fsp3) is 0.538. The van der Waals surface area contributed by atoms with Crippen molar-refractivity contribution >= 4 is 0 Å². The first kappa shape index (κ1) is 12.0.